The van der Waals surface area contributed by atoms with Gasteiger partial charge in [0.25, 0.3) is 10.2 Å². The highest BCUT2D eigenvalue weighted by atomic mass is 32.2. The molecule has 2 aliphatic heterocycles. The Morgan fingerprint density at radius 2 is 1.68 bits per heavy atom. The van der Waals surface area contributed by atoms with E-state index in [4.69, 9.17) is 5.11 Å². The summed E-state index contributed by atoms with van der Waals surface area (Å²) in [5, 5.41) is 9.00. The van der Waals surface area contributed by atoms with E-state index in [9.17, 15) is 13.2 Å². The molecule has 1 unspecified atom stereocenters. The van der Waals surface area contributed by atoms with Crippen LogP contribution < -0.4 is 0 Å². The minimum atomic E-state index is -3.43. The number of carbonyl (C=O) groups is 1. The van der Waals surface area contributed by atoms with E-state index in [1.807, 2.05) is 7.05 Å². The molecule has 0 bridgehead atoms. The van der Waals surface area contributed by atoms with Crippen molar-refractivity contribution >= 4 is 16.2 Å². The minimum absolute atomic E-state index is 0.110. The van der Waals surface area contributed by atoms with Crippen LogP contribution in [0.1, 0.15) is 34.7 Å². The summed E-state index contributed by atoms with van der Waals surface area (Å²) in [5.74, 6) is -0.840. The Labute approximate surface area is 149 Å². The second-order valence-electron chi connectivity index (χ2n) is 6.83. The summed E-state index contributed by atoms with van der Waals surface area (Å²) in [4.78, 5) is 13.1. The number of piperidine rings is 1. The van der Waals surface area contributed by atoms with Crippen molar-refractivity contribution in [2.24, 2.45) is 0 Å². The van der Waals surface area contributed by atoms with Crippen LogP contribution in [-0.2, 0) is 10.2 Å². The molecule has 0 aliphatic carbocycles. The van der Waals surface area contributed by atoms with Gasteiger partial charge in [-0.3, -0.25) is 0 Å². The normalized spacial score (nSPS) is 24.3. The van der Waals surface area contributed by atoms with E-state index in [1.54, 1.807) is 32.9 Å². The fourth-order valence-corrected chi connectivity index (χ4v) is 5.18. The van der Waals surface area contributed by atoms with Crippen molar-refractivity contribution in [3.63, 3.8) is 0 Å². The Kier molecular flexibility index (Phi) is 5.43. The average Bonchev–Trinajstić information content (AvgIpc) is 2.62. The number of likely N-dealkylation sites (N-methyl/N-ethyl adjacent to an activating group) is 1. The molecule has 1 aromatic rings. The number of benzene rings is 1. The number of hydrogen-bond donors (Lipinski definition) is 1. The van der Waals surface area contributed by atoms with E-state index in [0.29, 0.717) is 26.2 Å². The highest BCUT2D eigenvalue weighted by molar-refractivity contribution is 7.86. The van der Waals surface area contributed by atoms with Crippen molar-refractivity contribution in [2.75, 3.05) is 46.3 Å². The molecule has 2 saturated heterocycles. The van der Waals surface area contributed by atoms with Crippen molar-refractivity contribution in [1.29, 1.82) is 0 Å². The third-order valence-corrected chi connectivity index (χ3v) is 7.13. The number of hydrogen-bond acceptors (Lipinski definition) is 4. The molecule has 0 amide bonds. The second-order valence-corrected chi connectivity index (χ2v) is 8.76. The van der Waals surface area contributed by atoms with Crippen LogP contribution in [0.5, 0.6) is 0 Å². The smallest absolute Gasteiger partial charge is 0.335 e. The van der Waals surface area contributed by atoms with Gasteiger partial charge in [-0.05, 0) is 43.5 Å². The van der Waals surface area contributed by atoms with Crippen molar-refractivity contribution in [1.82, 2.24) is 13.5 Å². The number of carboxylic acids is 1. The minimum Gasteiger partial charge on any atom is -0.478 e. The molecule has 0 spiro atoms. The zero-order chi connectivity index (χ0) is 18.0. The van der Waals surface area contributed by atoms with E-state index in [-0.39, 0.29) is 11.5 Å². The van der Waals surface area contributed by atoms with Gasteiger partial charge >= 0.3 is 5.97 Å². The van der Waals surface area contributed by atoms with Crippen LogP contribution in [0.2, 0.25) is 0 Å². The molecule has 138 valence electrons. The fraction of sp³-hybridized carbons (Fsp3) is 0.588. The van der Waals surface area contributed by atoms with Crippen LogP contribution in [0.15, 0.2) is 24.3 Å². The molecule has 0 aromatic heterocycles. The fourth-order valence-electron chi connectivity index (χ4n) is 3.50. The summed E-state index contributed by atoms with van der Waals surface area (Å²) in [6.07, 6.45) is 1.74. The van der Waals surface area contributed by atoms with Gasteiger partial charge in [-0.15, -0.1) is 0 Å². The van der Waals surface area contributed by atoms with Gasteiger partial charge < -0.3 is 10.0 Å². The van der Waals surface area contributed by atoms with Gasteiger partial charge in [0.2, 0.25) is 0 Å². The molecule has 7 nitrogen and oxygen atoms in total. The largest absolute Gasteiger partial charge is 0.478 e. The lowest BCUT2D eigenvalue weighted by Crippen LogP contribution is -2.53. The summed E-state index contributed by atoms with van der Waals surface area (Å²) in [5.41, 5.74) is 1.25. The first-order valence-electron chi connectivity index (χ1n) is 8.65. The maximum Gasteiger partial charge on any atom is 0.335 e. The van der Waals surface area contributed by atoms with Crippen molar-refractivity contribution in [2.45, 2.75) is 18.8 Å². The first-order valence-corrected chi connectivity index (χ1v) is 10.0. The predicted octanol–water partition coefficient (Wildman–Crippen LogP) is 1.06. The lowest BCUT2D eigenvalue weighted by molar-refractivity contribution is 0.0697. The lowest BCUT2D eigenvalue weighted by Gasteiger charge is -2.38. The molecule has 2 aliphatic rings. The number of nitrogens with zero attached hydrogens (tertiary/aromatic N) is 3. The van der Waals surface area contributed by atoms with Gasteiger partial charge in [0.05, 0.1) is 5.56 Å². The number of carboxylic acid groups (broad SMARTS) is 1. The molecule has 1 aromatic carbocycles. The van der Waals surface area contributed by atoms with Crippen LogP contribution in [0, 0.1) is 0 Å². The molecule has 3 rings (SSSR count). The molecule has 2 heterocycles. The van der Waals surface area contributed by atoms with E-state index in [2.05, 4.69) is 4.90 Å². The van der Waals surface area contributed by atoms with Gasteiger partial charge in [-0.25, -0.2) is 4.79 Å². The van der Waals surface area contributed by atoms with Crippen LogP contribution in [0.25, 0.3) is 0 Å². The van der Waals surface area contributed by atoms with Gasteiger partial charge in [-0.2, -0.15) is 17.0 Å². The van der Waals surface area contributed by atoms with Crippen LogP contribution >= 0.6 is 0 Å². The predicted molar refractivity (Wildman–Crippen MR) is 94.9 cm³/mol. The maximum absolute atomic E-state index is 12.9. The molecule has 1 atom stereocenters. The zero-order valence-corrected chi connectivity index (χ0v) is 15.3. The third kappa shape index (κ3) is 4.03. The molecule has 0 saturated carbocycles. The molecular weight excluding hydrogens is 342 g/mol. The SMILES string of the molecule is CN1CCN(S(=O)(=O)N2CCCC(c3ccc(C(=O)O)cc3)C2)CC1. The summed E-state index contributed by atoms with van der Waals surface area (Å²) >= 11 is 0. The summed E-state index contributed by atoms with van der Waals surface area (Å²) in [6, 6.07) is 6.79. The number of rotatable bonds is 4. The molecule has 0 radical (unpaired) electrons. The molecule has 25 heavy (non-hydrogen) atoms. The first kappa shape index (κ1) is 18.3. The number of aromatic carboxylic acids is 1. The molecular formula is C17H25N3O4S. The Balaban J connectivity index is 1.71. The highest BCUT2D eigenvalue weighted by Crippen LogP contribution is 2.29. The lowest BCUT2D eigenvalue weighted by atomic mass is 9.91. The Bertz CT molecular complexity index is 712. The van der Waals surface area contributed by atoms with E-state index >= 15 is 0 Å². The van der Waals surface area contributed by atoms with Gasteiger partial charge in [0, 0.05) is 39.3 Å². The third-order valence-electron chi connectivity index (χ3n) is 5.13. The van der Waals surface area contributed by atoms with Gasteiger partial charge in [0.1, 0.15) is 0 Å². The molecule has 2 fully saturated rings. The summed E-state index contributed by atoms with van der Waals surface area (Å²) < 4.78 is 29.0. The number of piperazine rings is 1. The Morgan fingerprint density at radius 3 is 2.28 bits per heavy atom. The topological polar surface area (TPSA) is 81.2 Å². The maximum atomic E-state index is 12.9. The summed E-state index contributed by atoms with van der Waals surface area (Å²) in [7, 11) is -1.42. The van der Waals surface area contributed by atoms with Crippen LogP contribution in [0.3, 0.4) is 0 Å². The monoisotopic (exact) mass is 367 g/mol. The van der Waals surface area contributed by atoms with E-state index in [0.717, 1.165) is 31.5 Å². The zero-order valence-electron chi connectivity index (χ0n) is 14.5. The Hall–Kier alpha value is -1.48. The standard InChI is InChI=1S/C17H25N3O4S/c1-18-9-11-19(12-10-18)25(23,24)20-8-2-3-16(13-20)14-4-6-15(7-5-14)17(21)22/h4-7,16H,2-3,8-13H2,1H3,(H,21,22). The Morgan fingerprint density at radius 1 is 1.04 bits per heavy atom. The van der Waals surface area contributed by atoms with E-state index in [1.165, 1.54) is 0 Å². The van der Waals surface area contributed by atoms with Crippen molar-refractivity contribution in [3.8, 4) is 0 Å². The first-order chi connectivity index (χ1) is 11.9. The van der Waals surface area contributed by atoms with Crippen molar-refractivity contribution in [3.05, 3.63) is 35.4 Å². The van der Waals surface area contributed by atoms with Gasteiger partial charge in [-0.1, -0.05) is 12.1 Å². The van der Waals surface area contributed by atoms with Crippen LogP contribution in [0.4, 0.5) is 0 Å². The summed E-state index contributed by atoms with van der Waals surface area (Å²) in [6.45, 7) is 3.60. The molecule has 8 heteroatoms. The second kappa shape index (κ2) is 7.41. The quantitative estimate of drug-likeness (QED) is 0.861. The van der Waals surface area contributed by atoms with Crippen molar-refractivity contribution < 1.29 is 18.3 Å². The van der Waals surface area contributed by atoms with E-state index < -0.39 is 16.2 Å². The van der Waals surface area contributed by atoms with Gasteiger partial charge in [0.15, 0.2) is 0 Å². The highest BCUT2D eigenvalue weighted by Gasteiger charge is 2.35. The van der Waals surface area contributed by atoms with Crippen LogP contribution in [-0.4, -0.2) is 79.3 Å². The molecule has 1 N–H and O–H groups in total. The average molecular weight is 367 g/mol.